The first kappa shape index (κ1) is 19.6. The van der Waals surface area contributed by atoms with E-state index in [1.807, 2.05) is 6.33 Å². The molecule has 3 heterocycles. The van der Waals surface area contributed by atoms with Gasteiger partial charge in [-0.2, -0.15) is 0 Å². The second-order valence-electron chi connectivity index (χ2n) is 9.39. The smallest absolute Gasteiger partial charge is 0.137 e. The molecule has 0 amide bonds. The molecule has 2 aliphatic rings. The summed E-state index contributed by atoms with van der Waals surface area (Å²) in [6.07, 6.45) is 5.71. The van der Waals surface area contributed by atoms with Gasteiger partial charge in [-0.1, -0.05) is 44.2 Å². The van der Waals surface area contributed by atoms with Crippen molar-refractivity contribution in [3.05, 3.63) is 48.0 Å². The van der Waals surface area contributed by atoms with E-state index >= 15 is 0 Å². The van der Waals surface area contributed by atoms with E-state index in [0.717, 1.165) is 19.0 Å². The first-order valence-corrected chi connectivity index (χ1v) is 10.9. The summed E-state index contributed by atoms with van der Waals surface area (Å²) >= 11 is 0. The molecule has 1 spiro atoms. The molecule has 0 bridgehead atoms. The molecule has 152 valence electrons. The number of likely N-dealkylation sites (tertiary alicyclic amines) is 2. The predicted octanol–water partition coefficient (Wildman–Crippen LogP) is 3.54. The fraction of sp³-hybridized carbons (Fsp3) is 0.652. The van der Waals surface area contributed by atoms with Crippen LogP contribution < -0.4 is 0 Å². The Kier molecular flexibility index (Phi) is 5.83. The van der Waals surface area contributed by atoms with E-state index in [1.54, 1.807) is 0 Å². The van der Waals surface area contributed by atoms with Crippen LogP contribution in [-0.2, 0) is 13.6 Å². The molecule has 0 N–H and O–H groups in total. The maximum atomic E-state index is 4.54. The van der Waals surface area contributed by atoms with Crippen molar-refractivity contribution < 1.29 is 0 Å². The first-order chi connectivity index (χ1) is 13.6. The van der Waals surface area contributed by atoms with Gasteiger partial charge in [0, 0.05) is 32.6 Å². The number of aromatic nitrogens is 3. The molecule has 0 saturated carbocycles. The van der Waals surface area contributed by atoms with E-state index in [0.29, 0.717) is 11.3 Å². The Balaban J connectivity index is 1.49. The monoisotopic (exact) mass is 381 g/mol. The molecule has 1 aromatic heterocycles. The van der Waals surface area contributed by atoms with Crippen molar-refractivity contribution in [2.45, 2.75) is 45.6 Å². The summed E-state index contributed by atoms with van der Waals surface area (Å²) in [6.45, 7) is 11.7. The number of nitrogens with zero attached hydrogens (tertiary/aromatic N) is 5. The molecule has 5 heteroatoms. The number of piperidine rings is 1. The van der Waals surface area contributed by atoms with Gasteiger partial charge in [-0.15, -0.1) is 10.2 Å². The Labute approximate surface area is 169 Å². The molecule has 0 aliphatic carbocycles. The highest BCUT2D eigenvalue weighted by Crippen LogP contribution is 2.49. The van der Waals surface area contributed by atoms with Crippen molar-refractivity contribution in [2.75, 3.05) is 32.7 Å². The normalized spacial score (nSPS) is 23.1. The molecule has 2 aliphatic heterocycles. The average molecular weight is 382 g/mol. The molecule has 5 nitrogen and oxygen atoms in total. The van der Waals surface area contributed by atoms with Crippen molar-refractivity contribution in [2.24, 2.45) is 18.4 Å². The lowest BCUT2D eigenvalue weighted by Crippen LogP contribution is -2.44. The van der Waals surface area contributed by atoms with Crippen LogP contribution in [0.3, 0.4) is 0 Å². The molecular weight excluding hydrogens is 346 g/mol. The van der Waals surface area contributed by atoms with Gasteiger partial charge in [0.2, 0.25) is 0 Å². The molecule has 1 unspecified atom stereocenters. The summed E-state index contributed by atoms with van der Waals surface area (Å²) in [5.74, 6) is 2.44. The van der Waals surface area contributed by atoms with Gasteiger partial charge in [0.05, 0.1) is 0 Å². The van der Waals surface area contributed by atoms with Crippen molar-refractivity contribution in [3.8, 4) is 0 Å². The van der Waals surface area contributed by atoms with Crippen LogP contribution in [0.1, 0.15) is 50.4 Å². The maximum Gasteiger partial charge on any atom is 0.137 e. The van der Waals surface area contributed by atoms with E-state index in [2.05, 4.69) is 75.8 Å². The van der Waals surface area contributed by atoms with Crippen LogP contribution in [0.25, 0.3) is 0 Å². The van der Waals surface area contributed by atoms with Crippen LogP contribution in [0, 0.1) is 11.3 Å². The molecular formula is C23H35N5. The summed E-state index contributed by atoms with van der Waals surface area (Å²) in [5.41, 5.74) is 1.75. The minimum atomic E-state index is 0.337. The molecule has 1 aromatic carbocycles. The molecule has 1 atom stereocenters. The summed E-state index contributed by atoms with van der Waals surface area (Å²) in [6, 6.07) is 10.9. The zero-order valence-electron chi connectivity index (χ0n) is 17.7. The van der Waals surface area contributed by atoms with Gasteiger partial charge in [-0.05, 0) is 55.8 Å². The van der Waals surface area contributed by atoms with Crippen LogP contribution >= 0.6 is 0 Å². The average Bonchev–Trinajstić information content (AvgIpc) is 3.25. The van der Waals surface area contributed by atoms with Crippen LogP contribution in [-0.4, -0.2) is 57.3 Å². The van der Waals surface area contributed by atoms with Crippen LogP contribution in [0.2, 0.25) is 0 Å². The second-order valence-corrected chi connectivity index (χ2v) is 9.39. The highest BCUT2D eigenvalue weighted by molar-refractivity contribution is 5.17. The van der Waals surface area contributed by atoms with Crippen molar-refractivity contribution in [3.63, 3.8) is 0 Å². The van der Waals surface area contributed by atoms with E-state index in [-0.39, 0.29) is 0 Å². The standard InChI is InChI=1S/C23H35N5/c1-19(2)9-12-27-13-10-23(11-14-27)17-28(15-20-7-5-4-6-8-20)16-21(23)22-25-24-18-26(22)3/h4-8,18-19,21H,9-17H2,1-3H3. The van der Waals surface area contributed by atoms with Crippen molar-refractivity contribution in [1.82, 2.24) is 24.6 Å². The van der Waals surface area contributed by atoms with E-state index in [4.69, 9.17) is 0 Å². The van der Waals surface area contributed by atoms with Crippen LogP contribution in [0.4, 0.5) is 0 Å². The third kappa shape index (κ3) is 4.15. The summed E-state index contributed by atoms with van der Waals surface area (Å²) in [7, 11) is 2.10. The first-order valence-electron chi connectivity index (χ1n) is 10.9. The lowest BCUT2D eigenvalue weighted by Gasteiger charge is -2.42. The fourth-order valence-corrected chi connectivity index (χ4v) is 5.17. The third-order valence-corrected chi connectivity index (χ3v) is 6.90. The predicted molar refractivity (Wildman–Crippen MR) is 113 cm³/mol. The Morgan fingerprint density at radius 2 is 1.86 bits per heavy atom. The van der Waals surface area contributed by atoms with E-state index in [1.165, 1.54) is 56.8 Å². The Bertz CT molecular complexity index is 745. The van der Waals surface area contributed by atoms with Gasteiger partial charge < -0.3 is 9.47 Å². The lowest BCUT2D eigenvalue weighted by molar-refractivity contribution is 0.0903. The number of aryl methyl sites for hydroxylation is 1. The molecule has 2 saturated heterocycles. The summed E-state index contributed by atoms with van der Waals surface area (Å²) in [4.78, 5) is 5.33. The van der Waals surface area contributed by atoms with E-state index in [9.17, 15) is 0 Å². The van der Waals surface area contributed by atoms with Gasteiger partial charge in [0.25, 0.3) is 0 Å². The molecule has 4 rings (SSSR count). The number of hydrogen-bond acceptors (Lipinski definition) is 4. The maximum absolute atomic E-state index is 4.54. The van der Waals surface area contributed by atoms with Gasteiger partial charge >= 0.3 is 0 Å². The zero-order chi connectivity index (χ0) is 19.6. The summed E-state index contributed by atoms with van der Waals surface area (Å²) < 4.78 is 2.14. The quantitative estimate of drug-likeness (QED) is 0.767. The highest BCUT2D eigenvalue weighted by Gasteiger charge is 2.50. The minimum absolute atomic E-state index is 0.337. The fourth-order valence-electron chi connectivity index (χ4n) is 5.17. The number of benzene rings is 1. The topological polar surface area (TPSA) is 37.2 Å². The molecule has 28 heavy (non-hydrogen) atoms. The molecule has 2 fully saturated rings. The molecule has 0 radical (unpaired) electrons. The molecule has 2 aromatic rings. The second kappa shape index (κ2) is 8.34. The van der Waals surface area contributed by atoms with E-state index < -0.39 is 0 Å². The Morgan fingerprint density at radius 3 is 2.50 bits per heavy atom. The van der Waals surface area contributed by atoms with Crippen LogP contribution in [0.5, 0.6) is 0 Å². The third-order valence-electron chi connectivity index (χ3n) is 6.90. The van der Waals surface area contributed by atoms with Crippen molar-refractivity contribution in [1.29, 1.82) is 0 Å². The highest BCUT2D eigenvalue weighted by atomic mass is 15.3. The van der Waals surface area contributed by atoms with Gasteiger partial charge in [0.1, 0.15) is 12.2 Å². The zero-order valence-corrected chi connectivity index (χ0v) is 17.7. The SMILES string of the molecule is CC(C)CCN1CCC2(CC1)CN(Cc1ccccc1)CC2c1nncn1C. The minimum Gasteiger partial charge on any atom is -0.320 e. The number of rotatable bonds is 6. The van der Waals surface area contributed by atoms with Gasteiger partial charge in [-0.3, -0.25) is 4.90 Å². The lowest BCUT2D eigenvalue weighted by atomic mass is 9.70. The Morgan fingerprint density at radius 1 is 1.11 bits per heavy atom. The largest absolute Gasteiger partial charge is 0.320 e. The number of hydrogen-bond donors (Lipinski definition) is 0. The summed E-state index contributed by atoms with van der Waals surface area (Å²) in [5, 5.41) is 8.74. The van der Waals surface area contributed by atoms with Gasteiger partial charge in [-0.25, -0.2) is 0 Å². The Hall–Kier alpha value is -1.72. The van der Waals surface area contributed by atoms with Crippen LogP contribution in [0.15, 0.2) is 36.7 Å². The van der Waals surface area contributed by atoms with Gasteiger partial charge in [0.15, 0.2) is 0 Å². The van der Waals surface area contributed by atoms with Crippen molar-refractivity contribution >= 4 is 0 Å².